The molecule has 0 radical (unpaired) electrons. The molecule has 1 unspecified atom stereocenters. The number of rotatable bonds is 3. The van der Waals surface area contributed by atoms with Gasteiger partial charge in [-0.1, -0.05) is 13.3 Å². The summed E-state index contributed by atoms with van der Waals surface area (Å²) in [4.78, 5) is 0. The Labute approximate surface area is 106 Å². The minimum atomic E-state index is -3.31. The highest BCUT2D eigenvalue weighted by molar-refractivity contribution is 7.91. The molecule has 1 aromatic rings. The van der Waals surface area contributed by atoms with Crippen LogP contribution in [0.15, 0.2) is 15.7 Å². The van der Waals surface area contributed by atoms with Crippen LogP contribution in [-0.4, -0.2) is 25.8 Å². The van der Waals surface area contributed by atoms with Gasteiger partial charge in [-0.2, -0.15) is 4.31 Å². The van der Waals surface area contributed by atoms with Crippen LogP contribution in [0.1, 0.15) is 26.2 Å². The first-order valence-electron chi connectivity index (χ1n) is 5.88. The fourth-order valence-corrected chi connectivity index (χ4v) is 4.96. The summed E-state index contributed by atoms with van der Waals surface area (Å²) in [5, 5.41) is 1.67. The predicted octanol–water partition coefficient (Wildman–Crippen LogP) is 2.14. The lowest BCUT2D eigenvalue weighted by atomic mass is 9.97. The molecule has 1 aliphatic heterocycles. The van der Waals surface area contributed by atoms with Gasteiger partial charge < -0.3 is 5.73 Å². The molecule has 1 saturated heterocycles. The molecule has 0 saturated carbocycles. The molecule has 2 rings (SSSR count). The number of sulfonamides is 1. The normalized spacial score (nSPS) is 22.8. The van der Waals surface area contributed by atoms with Crippen molar-refractivity contribution in [2.75, 3.05) is 18.8 Å². The molecular formula is C11H18N2O2S2. The molecule has 0 amide bonds. The minimum Gasteiger partial charge on any atom is -0.398 e. The van der Waals surface area contributed by atoms with E-state index in [4.69, 9.17) is 5.73 Å². The van der Waals surface area contributed by atoms with Crippen molar-refractivity contribution in [1.82, 2.24) is 4.31 Å². The molecule has 17 heavy (non-hydrogen) atoms. The van der Waals surface area contributed by atoms with Crippen LogP contribution in [0.25, 0.3) is 0 Å². The Morgan fingerprint density at radius 2 is 2.35 bits per heavy atom. The number of thiophene rings is 1. The van der Waals surface area contributed by atoms with E-state index < -0.39 is 10.0 Å². The molecule has 6 heteroatoms. The third-order valence-electron chi connectivity index (χ3n) is 3.25. The second kappa shape index (κ2) is 4.96. The molecule has 96 valence electrons. The summed E-state index contributed by atoms with van der Waals surface area (Å²) < 4.78 is 26.7. The molecule has 0 aliphatic carbocycles. The average molecular weight is 274 g/mol. The standard InChI is InChI=1S/C11H18N2O2S2/c1-2-9-4-3-5-13(7-9)17(14,15)11-6-10(12)8-16-11/h6,8-9H,2-5,7,12H2,1H3. The summed E-state index contributed by atoms with van der Waals surface area (Å²) in [7, 11) is -3.31. The van der Waals surface area contributed by atoms with Gasteiger partial charge in [0, 0.05) is 24.2 Å². The van der Waals surface area contributed by atoms with Crippen LogP contribution >= 0.6 is 11.3 Å². The van der Waals surface area contributed by atoms with Crippen molar-refractivity contribution in [2.24, 2.45) is 5.92 Å². The maximum atomic E-state index is 12.3. The van der Waals surface area contributed by atoms with Crippen molar-refractivity contribution in [3.8, 4) is 0 Å². The van der Waals surface area contributed by atoms with Crippen LogP contribution in [0.4, 0.5) is 5.69 Å². The predicted molar refractivity (Wildman–Crippen MR) is 70.5 cm³/mol. The van der Waals surface area contributed by atoms with Gasteiger partial charge >= 0.3 is 0 Å². The first-order valence-corrected chi connectivity index (χ1v) is 8.20. The van der Waals surface area contributed by atoms with Crippen LogP contribution in [0.5, 0.6) is 0 Å². The number of piperidine rings is 1. The Bertz CT molecular complexity index is 481. The molecular weight excluding hydrogens is 256 g/mol. The monoisotopic (exact) mass is 274 g/mol. The van der Waals surface area contributed by atoms with Crippen molar-refractivity contribution >= 4 is 27.0 Å². The van der Waals surface area contributed by atoms with E-state index in [1.165, 1.54) is 11.3 Å². The van der Waals surface area contributed by atoms with Crippen molar-refractivity contribution < 1.29 is 8.42 Å². The average Bonchev–Trinajstić information content (AvgIpc) is 2.76. The van der Waals surface area contributed by atoms with Gasteiger partial charge in [-0.25, -0.2) is 8.42 Å². The van der Waals surface area contributed by atoms with Crippen LogP contribution in [-0.2, 0) is 10.0 Å². The first kappa shape index (κ1) is 12.9. The third-order valence-corrected chi connectivity index (χ3v) is 6.55. The van der Waals surface area contributed by atoms with Crippen LogP contribution in [0, 0.1) is 5.92 Å². The number of nitrogen functional groups attached to an aromatic ring is 1. The molecule has 0 bridgehead atoms. The topological polar surface area (TPSA) is 63.4 Å². The zero-order chi connectivity index (χ0) is 12.5. The summed E-state index contributed by atoms with van der Waals surface area (Å²) >= 11 is 1.20. The molecule has 1 fully saturated rings. The lowest BCUT2D eigenvalue weighted by molar-refractivity contribution is 0.262. The van der Waals surface area contributed by atoms with Gasteiger partial charge in [-0.15, -0.1) is 11.3 Å². The molecule has 0 spiro atoms. The van der Waals surface area contributed by atoms with Gasteiger partial charge in [0.1, 0.15) is 4.21 Å². The smallest absolute Gasteiger partial charge is 0.252 e. The van der Waals surface area contributed by atoms with E-state index in [9.17, 15) is 8.42 Å². The Morgan fingerprint density at radius 1 is 1.59 bits per heavy atom. The van der Waals surface area contributed by atoms with Gasteiger partial charge in [0.2, 0.25) is 0 Å². The SMILES string of the molecule is CCC1CCCN(S(=O)(=O)c2cc(N)cs2)C1. The minimum absolute atomic E-state index is 0.367. The second-order valence-electron chi connectivity index (χ2n) is 4.48. The first-order chi connectivity index (χ1) is 8.04. The van der Waals surface area contributed by atoms with Crippen LogP contribution in [0.2, 0.25) is 0 Å². The van der Waals surface area contributed by atoms with Gasteiger partial charge in [0.15, 0.2) is 0 Å². The number of anilines is 1. The van der Waals surface area contributed by atoms with Crippen molar-refractivity contribution in [3.05, 3.63) is 11.4 Å². The van der Waals surface area contributed by atoms with Crippen molar-refractivity contribution in [3.63, 3.8) is 0 Å². The van der Waals surface area contributed by atoms with E-state index >= 15 is 0 Å². The lowest BCUT2D eigenvalue weighted by Crippen LogP contribution is -2.39. The van der Waals surface area contributed by atoms with E-state index in [0.717, 1.165) is 19.3 Å². The van der Waals surface area contributed by atoms with E-state index in [2.05, 4.69) is 6.92 Å². The molecule has 2 N–H and O–H groups in total. The number of nitrogens with two attached hydrogens (primary N) is 1. The van der Waals surface area contributed by atoms with Gasteiger partial charge in [0.05, 0.1) is 0 Å². The quantitative estimate of drug-likeness (QED) is 0.918. The molecule has 0 aromatic carbocycles. The van der Waals surface area contributed by atoms with E-state index in [1.807, 2.05) is 0 Å². The van der Waals surface area contributed by atoms with E-state index in [-0.39, 0.29) is 0 Å². The molecule has 2 heterocycles. The zero-order valence-corrected chi connectivity index (χ0v) is 11.6. The second-order valence-corrected chi connectivity index (χ2v) is 7.55. The van der Waals surface area contributed by atoms with Gasteiger partial charge in [0.25, 0.3) is 10.0 Å². The van der Waals surface area contributed by atoms with Crippen LogP contribution < -0.4 is 5.73 Å². The Morgan fingerprint density at radius 3 is 2.94 bits per heavy atom. The summed E-state index contributed by atoms with van der Waals surface area (Å²) in [6.07, 6.45) is 3.13. The molecule has 1 atom stereocenters. The van der Waals surface area contributed by atoms with Crippen LogP contribution in [0.3, 0.4) is 0 Å². The highest BCUT2D eigenvalue weighted by Gasteiger charge is 2.30. The number of nitrogens with zero attached hydrogens (tertiary/aromatic N) is 1. The maximum absolute atomic E-state index is 12.3. The van der Waals surface area contributed by atoms with Gasteiger partial charge in [-0.05, 0) is 24.8 Å². The fraction of sp³-hybridized carbons (Fsp3) is 0.636. The summed E-state index contributed by atoms with van der Waals surface area (Å²) in [6.45, 7) is 3.40. The zero-order valence-electron chi connectivity index (χ0n) is 9.93. The Kier molecular flexibility index (Phi) is 3.75. The van der Waals surface area contributed by atoms with Gasteiger partial charge in [-0.3, -0.25) is 0 Å². The summed E-state index contributed by atoms with van der Waals surface area (Å²) in [5.41, 5.74) is 6.11. The molecule has 1 aromatic heterocycles. The summed E-state index contributed by atoms with van der Waals surface area (Å²) in [5.74, 6) is 0.496. The number of hydrogen-bond donors (Lipinski definition) is 1. The lowest BCUT2D eigenvalue weighted by Gasteiger charge is -2.30. The fourth-order valence-electron chi connectivity index (χ4n) is 2.17. The van der Waals surface area contributed by atoms with E-state index in [1.54, 1.807) is 15.8 Å². The largest absolute Gasteiger partial charge is 0.398 e. The number of hydrogen-bond acceptors (Lipinski definition) is 4. The Balaban J connectivity index is 2.21. The molecule has 4 nitrogen and oxygen atoms in total. The van der Waals surface area contributed by atoms with Crippen molar-refractivity contribution in [2.45, 2.75) is 30.4 Å². The maximum Gasteiger partial charge on any atom is 0.252 e. The highest BCUT2D eigenvalue weighted by Crippen LogP contribution is 2.29. The van der Waals surface area contributed by atoms with E-state index in [0.29, 0.717) is 28.9 Å². The highest BCUT2D eigenvalue weighted by atomic mass is 32.2. The summed E-state index contributed by atoms with van der Waals surface area (Å²) in [6, 6.07) is 1.55. The third kappa shape index (κ3) is 2.64. The molecule has 1 aliphatic rings. The van der Waals surface area contributed by atoms with Crippen molar-refractivity contribution in [1.29, 1.82) is 0 Å². The Hall–Kier alpha value is -0.590.